The number of hydrogen-bond donors (Lipinski definition) is 1. The van der Waals surface area contributed by atoms with Crippen LogP contribution >= 0.6 is 22.6 Å². The van der Waals surface area contributed by atoms with Crippen LogP contribution in [0.25, 0.3) is 0 Å². The summed E-state index contributed by atoms with van der Waals surface area (Å²) in [6, 6.07) is 15.5. The lowest BCUT2D eigenvalue weighted by Gasteiger charge is -2.10. The quantitative estimate of drug-likeness (QED) is 0.761. The van der Waals surface area contributed by atoms with Crippen molar-refractivity contribution in [3.63, 3.8) is 0 Å². The van der Waals surface area contributed by atoms with E-state index in [4.69, 9.17) is 4.74 Å². The molecule has 110 valence electrons. The zero-order valence-corrected chi connectivity index (χ0v) is 14.3. The fraction of sp³-hybridized carbons (Fsp3) is 0.235. The van der Waals surface area contributed by atoms with Gasteiger partial charge in [-0.3, -0.25) is 4.79 Å². The van der Waals surface area contributed by atoms with Gasteiger partial charge in [-0.1, -0.05) is 26.0 Å². The van der Waals surface area contributed by atoms with Gasteiger partial charge in [0.05, 0.1) is 0 Å². The number of ether oxygens (including phenoxy) is 1. The Labute approximate surface area is 138 Å². The Bertz CT molecular complexity index is 608. The first kappa shape index (κ1) is 15.8. The summed E-state index contributed by atoms with van der Waals surface area (Å²) in [7, 11) is 0. The normalized spacial score (nSPS) is 10.5. The van der Waals surface area contributed by atoms with Crippen molar-refractivity contribution in [1.29, 1.82) is 0 Å². The van der Waals surface area contributed by atoms with Gasteiger partial charge >= 0.3 is 0 Å². The fourth-order valence-corrected chi connectivity index (χ4v) is 2.21. The molecule has 4 heteroatoms. The highest BCUT2D eigenvalue weighted by molar-refractivity contribution is 14.1. The van der Waals surface area contributed by atoms with E-state index in [0.717, 1.165) is 9.26 Å². The highest BCUT2D eigenvalue weighted by Crippen LogP contribution is 2.18. The molecule has 0 aromatic heterocycles. The van der Waals surface area contributed by atoms with Crippen LogP contribution in [-0.4, -0.2) is 12.5 Å². The van der Waals surface area contributed by atoms with Gasteiger partial charge in [-0.25, -0.2) is 0 Å². The van der Waals surface area contributed by atoms with E-state index in [1.54, 1.807) is 0 Å². The third kappa shape index (κ3) is 5.04. The Morgan fingerprint density at radius 2 is 1.90 bits per heavy atom. The van der Waals surface area contributed by atoms with Gasteiger partial charge in [0.2, 0.25) is 0 Å². The SMILES string of the molecule is CC(C)c1cccc(NC(=O)COc2ccc(I)cc2)c1. The Morgan fingerprint density at radius 1 is 1.19 bits per heavy atom. The monoisotopic (exact) mass is 395 g/mol. The number of carbonyl (C=O) groups is 1. The van der Waals surface area contributed by atoms with Crippen LogP contribution in [0.5, 0.6) is 5.75 Å². The number of rotatable bonds is 5. The third-order valence-electron chi connectivity index (χ3n) is 3.02. The second-order valence-electron chi connectivity index (χ2n) is 5.07. The smallest absolute Gasteiger partial charge is 0.262 e. The Hall–Kier alpha value is -1.56. The van der Waals surface area contributed by atoms with Crippen LogP contribution in [0.1, 0.15) is 25.3 Å². The maximum Gasteiger partial charge on any atom is 0.262 e. The van der Waals surface area contributed by atoms with Crippen molar-refractivity contribution in [1.82, 2.24) is 0 Å². The van der Waals surface area contributed by atoms with Gasteiger partial charge in [-0.2, -0.15) is 0 Å². The summed E-state index contributed by atoms with van der Waals surface area (Å²) >= 11 is 2.23. The number of nitrogens with one attached hydrogen (secondary N) is 1. The summed E-state index contributed by atoms with van der Waals surface area (Å²) in [6.07, 6.45) is 0. The van der Waals surface area contributed by atoms with Crippen molar-refractivity contribution >= 4 is 34.2 Å². The molecule has 1 amide bonds. The number of anilines is 1. The molecule has 2 rings (SSSR count). The van der Waals surface area contributed by atoms with Crippen LogP contribution in [-0.2, 0) is 4.79 Å². The van der Waals surface area contributed by atoms with Crippen molar-refractivity contribution < 1.29 is 9.53 Å². The summed E-state index contributed by atoms with van der Waals surface area (Å²) in [5.41, 5.74) is 2.00. The molecule has 21 heavy (non-hydrogen) atoms. The van der Waals surface area contributed by atoms with Gasteiger partial charge in [0.15, 0.2) is 6.61 Å². The van der Waals surface area contributed by atoms with Crippen LogP contribution in [0.15, 0.2) is 48.5 Å². The molecule has 0 saturated carbocycles. The first-order valence-electron chi connectivity index (χ1n) is 6.83. The molecule has 2 aromatic carbocycles. The number of amides is 1. The van der Waals surface area contributed by atoms with E-state index in [1.807, 2.05) is 42.5 Å². The highest BCUT2D eigenvalue weighted by Gasteiger charge is 2.05. The van der Waals surface area contributed by atoms with Crippen molar-refractivity contribution in [3.8, 4) is 5.75 Å². The summed E-state index contributed by atoms with van der Waals surface area (Å²) in [6.45, 7) is 4.26. The van der Waals surface area contributed by atoms with E-state index in [9.17, 15) is 4.79 Å². The lowest BCUT2D eigenvalue weighted by molar-refractivity contribution is -0.118. The molecule has 1 N–H and O–H groups in total. The molecule has 3 nitrogen and oxygen atoms in total. The standard InChI is InChI=1S/C17H18INO2/c1-12(2)13-4-3-5-15(10-13)19-17(20)11-21-16-8-6-14(18)7-9-16/h3-10,12H,11H2,1-2H3,(H,19,20). The van der Waals surface area contributed by atoms with Crippen LogP contribution in [0.4, 0.5) is 5.69 Å². The molecule has 0 saturated heterocycles. The Kier molecular flexibility index (Phi) is 5.61. The maximum atomic E-state index is 11.9. The zero-order valence-electron chi connectivity index (χ0n) is 12.1. The Balaban J connectivity index is 1.89. The van der Waals surface area contributed by atoms with E-state index in [0.29, 0.717) is 11.7 Å². The second-order valence-corrected chi connectivity index (χ2v) is 6.32. The predicted octanol–water partition coefficient (Wildman–Crippen LogP) is 4.43. The van der Waals surface area contributed by atoms with E-state index < -0.39 is 0 Å². The molecule has 0 fully saturated rings. The van der Waals surface area contributed by atoms with Gasteiger partial charge < -0.3 is 10.1 Å². The number of halogens is 1. The summed E-state index contributed by atoms with van der Waals surface area (Å²) in [4.78, 5) is 11.9. The van der Waals surface area contributed by atoms with Crippen molar-refractivity contribution in [3.05, 3.63) is 57.7 Å². The first-order chi connectivity index (χ1) is 10.0. The molecule has 0 aliphatic heterocycles. The van der Waals surface area contributed by atoms with Gasteiger partial charge in [0, 0.05) is 9.26 Å². The van der Waals surface area contributed by atoms with Crippen LogP contribution < -0.4 is 10.1 Å². The van der Waals surface area contributed by atoms with Crippen LogP contribution in [0.3, 0.4) is 0 Å². The van der Waals surface area contributed by atoms with Gasteiger partial charge in [0.1, 0.15) is 5.75 Å². The molecule has 2 aromatic rings. The number of carbonyl (C=O) groups excluding carboxylic acids is 1. The minimum atomic E-state index is -0.158. The van der Waals surface area contributed by atoms with E-state index >= 15 is 0 Å². The molecule has 0 aliphatic rings. The molecular formula is C17H18INO2. The maximum absolute atomic E-state index is 11.9. The molecule has 0 bridgehead atoms. The topological polar surface area (TPSA) is 38.3 Å². The molecule has 0 aliphatic carbocycles. The molecule has 0 spiro atoms. The average Bonchev–Trinajstić information content (AvgIpc) is 2.47. The predicted molar refractivity (Wildman–Crippen MR) is 93.8 cm³/mol. The molecule has 0 unspecified atom stereocenters. The average molecular weight is 395 g/mol. The van der Waals surface area contributed by atoms with E-state index in [-0.39, 0.29) is 12.5 Å². The van der Waals surface area contributed by atoms with E-state index in [1.165, 1.54) is 5.56 Å². The summed E-state index contributed by atoms with van der Waals surface area (Å²) in [5, 5.41) is 2.85. The largest absolute Gasteiger partial charge is 0.484 e. The van der Waals surface area contributed by atoms with Crippen molar-refractivity contribution in [2.24, 2.45) is 0 Å². The van der Waals surface area contributed by atoms with Gasteiger partial charge in [-0.05, 0) is 70.5 Å². The van der Waals surface area contributed by atoms with Crippen molar-refractivity contribution in [2.75, 3.05) is 11.9 Å². The Morgan fingerprint density at radius 3 is 2.57 bits per heavy atom. The minimum absolute atomic E-state index is 0.00645. The molecular weight excluding hydrogens is 377 g/mol. The molecule has 0 radical (unpaired) electrons. The highest BCUT2D eigenvalue weighted by atomic mass is 127. The van der Waals surface area contributed by atoms with E-state index in [2.05, 4.69) is 47.8 Å². The van der Waals surface area contributed by atoms with Crippen molar-refractivity contribution in [2.45, 2.75) is 19.8 Å². The number of hydrogen-bond acceptors (Lipinski definition) is 2. The third-order valence-corrected chi connectivity index (χ3v) is 3.74. The summed E-state index contributed by atoms with van der Waals surface area (Å²) in [5.74, 6) is 0.973. The second kappa shape index (κ2) is 7.45. The first-order valence-corrected chi connectivity index (χ1v) is 7.90. The van der Waals surface area contributed by atoms with Crippen LogP contribution in [0, 0.1) is 3.57 Å². The van der Waals surface area contributed by atoms with Crippen LogP contribution in [0.2, 0.25) is 0 Å². The van der Waals surface area contributed by atoms with Gasteiger partial charge in [-0.15, -0.1) is 0 Å². The lowest BCUT2D eigenvalue weighted by atomic mass is 10.0. The zero-order chi connectivity index (χ0) is 15.2. The molecule has 0 atom stereocenters. The summed E-state index contributed by atoms with van der Waals surface area (Å²) < 4.78 is 6.59. The number of benzene rings is 2. The lowest BCUT2D eigenvalue weighted by Crippen LogP contribution is -2.20. The molecule has 0 heterocycles. The fourth-order valence-electron chi connectivity index (χ4n) is 1.85. The van der Waals surface area contributed by atoms with Gasteiger partial charge in [0.25, 0.3) is 5.91 Å². The minimum Gasteiger partial charge on any atom is -0.484 e.